The molecule has 0 aliphatic carbocycles. The minimum absolute atomic E-state index is 0.0456. The fourth-order valence-electron chi connectivity index (χ4n) is 1.64. The summed E-state index contributed by atoms with van der Waals surface area (Å²) in [6.45, 7) is 0.654. The van der Waals surface area contributed by atoms with Crippen LogP contribution in [0.5, 0.6) is 5.75 Å². The summed E-state index contributed by atoms with van der Waals surface area (Å²) >= 11 is 8.98. The maximum atomic E-state index is 13.0. The second-order valence-electron chi connectivity index (χ2n) is 4.32. The number of hydrogen-bond acceptors (Lipinski definition) is 2. The molecule has 7 heteroatoms. The maximum absolute atomic E-state index is 13.0. The third-order valence-corrected chi connectivity index (χ3v) is 3.41. The molecule has 2 amide bonds. The number of ether oxygens (including phenoxy) is 1. The predicted octanol–water partition coefficient (Wildman–Crippen LogP) is 4.44. The number of rotatable bonds is 5. The number of nitrogens with one attached hydrogen (secondary N) is 2. The molecular formula is C15H13BrClFN2O2. The molecule has 0 fully saturated rings. The molecule has 0 aromatic heterocycles. The second kappa shape index (κ2) is 8.00. The van der Waals surface area contributed by atoms with Gasteiger partial charge in [-0.25, -0.2) is 9.18 Å². The molecule has 2 rings (SSSR count). The van der Waals surface area contributed by atoms with E-state index in [1.807, 2.05) is 24.3 Å². The Bertz CT molecular complexity index is 670. The van der Waals surface area contributed by atoms with Crippen molar-refractivity contribution in [3.05, 3.63) is 57.8 Å². The van der Waals surface area contributed by atoms with Gasteiger partial charge in [-0.3, -0.25) is 0 Å². The van der Waals surface area contributed by atoms with Crippen LogP contribution in [0.2, 0.25) is 5.02 Å². The largest absolute Gasteiger partial charge is 0.492 e. The molecule has 2 aromatic rings. The van der Waals surface area contributed by atoms with E-state index in [1.165, 1.54) is 18.2 Å². The van der Waals surface area contributed by atoms with Gasteiger partial charge in [0.1, 0.15) is 18.2 Å². The zero-order chi connectivity index (χ0) is 15.9. The highest BCUT2D eigenvalue weighted by Crippen LogP contribution is 2.19. The summed E-state index contributed by atoms with van der Waals surface area (Å²) in [6, 6.07) is 11.0. The van der Waals surface area contributed by atoms with Crippen molar-refractivity contribution in [3.63, 3.8) is 0 Å². The first-order valence-electron chi connectivity index (χ1n) is 6.43. The number of carbonyl (C=O) groups excluding carboxylic acids is 1. The average molecular weight is 388 g/mol. The average Bonchev–Trinajstić information content (AvgIpc) is 2.48. The molecule has 4 nitrogen and oxygen atoms in total. The molecule has 0 heterocycles. The van der Waals surface area contributed by atoms with Gasteiger partial charge in [-0.05, 0) is 36.4 Å². The number of anilines is 1. The molecule has 0 bridgehead atoms. The first-order valence-corrected chi connectivity index (χ1v) is 7.60. The Morgan fingerprint density at radius 1 is 1.27 bits per heavy atom. The fraction of sp³-hybridized carbons (Fsp3) is 0.133. The van der Waals surface area contributed by atoms with Gasteiger partial charge >= 0.3 is 6.03 Å². The van der Waals surface area contributed by atoms with Crippen LogP contribution in [0.25, 0.3) is 0 Å². The van der Waals surface area contributed by atoms with Gasteiger partial charge in [0.05, 0.1) is 11.6 Å². The molecule has 2 N–H and O–H groups in total. The number of halogens is 3. The van der Waals surface area contributed by atoms with Crippen molar-refractivity contribution in [2.75, 3.05) is 18.5 Å². The van der Waals surface area contributed by atoms with Crippen molar-refractivity contribution in [2.45, 2.75) is 0 Å². The second-order valence-corrected chi connectivity index (χ2v) is 5.64. The Morgan fingerprint density at radius 3 is 2.82 bits per heavy atom. The van der Waals surface area contributed by atoms with Crippen LogP contribution in [0.4, 0.5) is 14.9 Å². The molecule has 0 atom stereocenters. The van der Waals surface area contributed by atoms with E-state index in [2.05, 4.69) is 26.6 Å². The van der Waals surface area contributed by atoms with E-state index in [9.17, 15) is 9.18 Å². The van der Waals surface area contributed by atoms with Crippen molar-refractivity contribution in [2.24, 2.45) is 0 Å². The molecule has 0 saturated carbocycles. The van der Waals surface area contributed by atoms with Gasteiger partial charge < -0.3 is 15.4 Å². The lowest BCUT2D eigenvalue weighted by molar-refractivity contribution is 0.247. The highest BCUT2D eigenvalue weighted by Gasteiger charge is 2.04. The van der Waals surface area contributed by atoms with Crippen LogP contribution in [0.3, 0.4) is 0 Å². The molecule has 0 spiro atoms. The number of benzene rings is 2. The Balaban J connectivity index is 1.72. The molecule has 116 valence electrons. The van der Waals surface area contributed by atoms with E-state index in [1.54, 1.807) is 0 Å². The summed E-state index contributed by atoms with van der Waals surface area (Å²) < 4.78 is 19.4. The summed E-state index contributed by atoms with van der Waals surface area (Å²) in [7, 11) is 0. The molecular weight excluding hydrogens is 375 g/mol. The van der Waals surface area contributed by atoms with Crippen molar-refractivity contribution < 1.29 is 13.9 Å². The normalized spacial score (nSPS) is 10.1. The van der Waals surface area contributed by atoms with Crippen LogP contribution >= 0.6 is 27.5 Å². The highest BCUT2D eigenvalue weighted by atomic mass is 79.9. The van der Waals surface area contributed by atoms with Crippen LogP contribution < -0.4 is 15.4 Å². The minimum Gasteiger partial charge on any atom is -0.492 e. The van der Waals surface area contributed by atoms with Gasteiger partial charge in [-0.15, -0.1) is 0 Å². The zero-order valence-corrected chi connectivity index (χ0v) is 13.7. The van der Waals surface area contributed by atoms with E-state index < -0.39 is 11.8 Å². The Labute approximate surface area is 140 Å². The lowest BCUT2D eigenvalue weighted by Crippen LogP contribution is -2.32. The summed E-state index contributed by atoms with van der Waals surface area (Å²) in [4.78, 5) is 11.7. The summed E-state index contributed by atoms with van der Waals surface area (Å²) in [6.07, 6.45) is 0. The number of urea groups is 1. The van der Waals surface area contributed by atoms with Gasteiger partial charge in [-0.2, -0.15) is 0 Å². The van der Waals surface area contributed by atoms with E-state index in [4.69, 9.17) is 16.3 Å². The maximum Gasteiger partial charge on any atom is 0.319 e. The molecule has 0 unspecified atom stereocenters. The van der Waals surface area contributed by atoms with Crippen molar-refractivity contribution in [3.8, 4) is 5.75 Å². The van der Waals surface area contributed by atoms with Gasteiger partial charge in [0.25, 0.3) is 0 Å². The quantitative estimate of drug-likeness (QED) is 0.745. The van der Waals surface area contributed by atoms with Crippen LogP contribution in [0, 0.1) is 5.82 Å². The summed E-state index contributed by atoms with van der Waals surface area (Å²) in [5, 5.41) is 5.13. The molecule has 0 aliphatic rings. The van der Waals surface area contributed by atoms with Crippen molar-refractivity contribution in [1.29, 1.82) is 0 Å². The van der Waals surface area contributed by atoms with Gasteiger partial charge in [0.2, 0.25) is 0 Å². The summed E-state index contributed by atoms with van der Waals surface area (Å²) in [5.41, 5.74) is 0.414. The van der Waals surface area contributed by atoms with Crippen LogP contribution in [-0.2, 0) is 0 Å². The van der Waals surface area contributed by atoms with Crippen molar-refractivity contribution >= 4 is 39.2 Å². The Morgan fingerprint density at radius 2 is 2.09 bits per heavy atom. The fourth-order valence-corrected chi connectivity index (χ4v) is 2.20. The lowest BCUT2D eigenvalue weighted by atomic mass is 10.3. The third kappa shape index (κ3) is 5.20. The first-order chi connectivity index (χ1) is 10.5. The Hall–Kier alpha value is -1.79. The van der Waals surface area contributed by atoms with Crippen molar-refractivity contribution in [1.82, 2.24) is 5.32 Å². The monoisotopic (exact) mass is 386 g/mol. The summed E-state index contributed by atoms with van der Waals surface area (Å²) in [5.74, 6) is 0.178. The SMILES string of the molecule is O=C(NCCOc1cccc(Br)c1)Nc1ccc(F)c(Cl)c1. The smallest absolute Gasteiger partial charge is 0.319 e. The Kier molecular flexibility index (Phi) is 6.03. The topological polar surface area (TPSA) is 50.4 Å². The number of carbonyl (C=O) groups is 1. The lowest BCUT2D eigenvalue weighted by Gasteiger charge is -2.09. The molecule has 0 radical (unpaired) electrons. The van der Waals surface area contributed by atoms with Crippen LogP contribution in [0.15, 0.2) is 46.9 Å². The molecule has 0 saturated heterocycles. The molecule has 22 heavy (non-hydrogen) atoms. The number of hydrogen-bond donors (Lipinski definition) is 2. The van der Waals surface area contributed by atoms with E-state index in [0.29, 0.717) is 24.6 Å². The number of amides is 2. The van der Waals surface area contributed by atoms with E-state index >= 15 is 0 Å². The zero-order valence-electron chi connectivity index (χ0n) is 11.4. The van der Waals surface area contributed by atoms with Gasteiger partial charge in [-0.1, -0.05) is 33.6 Å². The third-order valence-electron chi connectivity index (χ3n) is 2.63. The molecule has 2 aromatic carbocycles. The van der Waals surface area contributed by atoms with E-state index in [0.717, 1.165) is 4.47 Å². The predicted molar refractivity (Wildman–Crippen MR) is 88.1 cm³/mol. The minimum atomic E-state index is -0.532. The van der Waals surface area contributed by atoms with Crippen LogP contribution in [-0.4, -0.2) is 19.2 Å². The highest BCUT2D eigenvalue weighted by molar-refractivity contribution is 9.10. The van der Waals surface area contributed by atoms with E-state index in [-0.39, 0.29) is 5.02 Å². The van der Waals surface area contributed by atoms with Gasteiger partial charge in [0, 0.05) is 10.2 Å². The standard InChI is InChI=1S/C15H13BrClFN2O2/c16-10-2-1-3-12(8-10)22-7-6-19-15(21)20-11-4-5-14(18)13(17)9-11/h1-5,8-9H,6-7H2,(H2,19,20,21). The first kappa shape index (κ1) is 16.6. The van der Waals surface area contributed by atoms with Gasteiger partial charge in [0.15, 0.2) is 0 Å². The van der Waals surface area contributed by atoms with Crippen LogP contribution in [0.1, 0.15) is 0 Å². The molecule has 0 aliphatic heterocycles.